The molecular formula is C27H32N4O4. The molecule has 2 aliphatic heterocycles. The van der Waals surface area contributed by atoms with Gasteiger partial charge in [-0.2, -0.15) is 0 Å². The van der Waals surface area contributed by atoms with Crippen molar-refractivity contribution < 1.29 is 19.5 Å². The smallest absolute Gasteiger partial charge is 0.328 e. The van der Waals surface area contributed by atoms with Crippen LogP contribution < -0.4 is 4.90 Å². The highest BCUT2D eigenvalue weighted by Crippen LogP contribution is 2.40. The molecule has 184 valence electrons. The van der Waals surface area contributed by atoms with Crippen molar-refractivity contribution >= 4 is 17.6 Å². The number of aromatic nitrogens is 1. The van der Waals surface area contributed by atoms with Crippen molar-refractivity contribution in [3.05, 3.63) is 70.7 Å². The summed E-state index contributed by atoms with van der Waals surface area (Å²) in [7, 11) is 1.89. The number of pyridine rings is 1. The second-order valence-corrected chi connectivity index (χ2v) is 9.77. The summed E-state index contributed by atoms with van der Waals surface area (Å²) in [4.78, 5) is 39.5. The summed E-state index contributed by atoms with van der Waals surface area (Å²) < 4.78 is 0. The number of nitrogens with zero attached hydrogens (tertiary/aromatic N) is 4. The standard InChI is InChI=1S/C27H32N4O4/c1-17-14-22(8-11-28-17)30-12-9-21(10-13-30)29(3)26(32)20-5-4-19-6-7-24(23(19)16-20)31-25(27(33)34)15-18(2)35-31/h4-5,8,11,14-16,21,24-25H,6-7,9-10,12-13H2,1-3H3,(H,33,34)/t24-,25?/m1/s1. The van der Waals surface area contributed by atoms with Crippen molar-refractivity contribution in [2.45, 2.75) is 57.7 Å². The number of benzene rings is 1. The average molecular weight is 477 g/mol. The van der Waals surface area contributed by atoms with Gasteiger partial charge in [-0.3, -0.25) is 14.6 Å². The van der Waals surface area contributed by atoms with Gasteiger partial charge in [0.25, 0.3) is 5.91 Å². The fourth-order valence-corrected chi connectivity index (χ4v) is 5.57. The Labute approximate surface area is 205 Å². The Hall–Kier alpha value is -3.39. The normalized spacial score (nSPS) is 22.5. The van der Waals surface area contributed by atoms with Crippen LogP contribution in [0.5, 0.6) is 0 Å². The molecule has 1 N–H and O–H groups in total. The summed E-state index contributed by atoms with van der Waals surface area (Å²) in [6.07, 6.45) is 6.89. The van der Waals surface area contributed by atoms with Crippen molar-refractivity contribution in [1.29, 1.82) is 0 Å². The van der Waals surface area contributed by atoms with Crippen LogP contribution in [0, 0.1) is 6.92 Å². The lowest BCUT2D eigenvalue weighted by molar-refractivity contribution is -0.175. The summed E-state index contributed by atoms with van der Waals surface area (Å²) >= 11 is 0. The van der Waals surface area contributed by atoms with Gasteiger partial charge in [0, 0.05) is 49.3 Å². The SMILES string of the molecule is CC1=CC(C(=O)O)N([C@@H]2CCc3ccc(C(=O)N(C)C4CCN(c5ccnc(C)c5)CC4)cc32)O1. The molecule has 0 radical (unpaired) electrons. The van der Waals surface area contributed by atoms with Gasteiger partial charge in [0.2, 0.25) is 0 Å². The minimum Gasteiger partial charge on any atom is -0.480 e. The van der Waals surface area contributed by atoms with E-state index < -0.39 is 12.0 Å². The number of rotatable bonds is 5. The molecule has 5 rings (SSSR count). The molecule has 1 aromatic heterocycles. The zero-order valence-electron chi connectivity index (χ0n) is 20.5. The number of amides is 1. The van der Waals surface area contributed by atoms with Crippen molar-refractivity contribution in [2.75, 3.05) is 25.0 Å². The molecular weight excluding hydrogens is 444 g/mol. The van der Waals surface area contributed by atoms with Crippen LogP contribution in [0.2, 0.25) is 0 Å². The minimum atomic E-state index is -0.935. The first-order chi connectivity index (χ1) is 16.8. The van der Waals surface area contributed by atoms with Crippen molar-refractivity contribution in [3.63, 3.8) is 0 Å². The van der Waals surface area contributed by atoms with Crippen LogP contribution in [-0.4, -0.2) is 64.2 Å². The van der Waals surface area contributed by atoms with E-state index in [0.717, 1.165) is 55.6 Å². The summed E-state index contributed by atoms with van der Waals surface area (Å²) in [5.74, 6) is -0.343. The number of allylic oxidation sites excluding steroid dienone is 1. The van der Waals surface area contributed by atoms with Crippen LogP contribution in [0.3, 0.4) is 0 Å². The van der Waals surface area contributed by atoms with Gasteiger partial charge in [-0.25, -0.2) is 0 Å². The second kappa shape index (κ2) is 9.34. The molecule has 0 spiro atoms. The third-order valence-electron chi connectivity index (χ3n) is 7.49. The Balaban J connectivity index is 1.28. The number of carbonyl (C=O) groups excluding carboxylic acids is 1. The van der Waals surface area contributed by atoms with Crippen LogP contribution in [0.15, 0.2) is 48.4 Å². The van der Waals surface area contributed by atoms with E-state index in [2.05, 4.69) is 16.0 Å². The molecule has 1 fully saturated rings. The van der Waals surface area contributed by atoms with E-state index in [4.69, 9.17) is 4.84 Å². The number of fused-ring (bicyclic) bond motifs is 1. The molecule has 8 heteroatoms. The molecule has 0 bridgehead atoms. The fourth-order valence-electron chi connectivity index (χ4n) is 5.57. The number of hydrogen-bond acceptors (Lipinski definition) is 6. The second-order valence-electron chi connectivity index (χ2n) is 9.77. The van der Waals surface area contributed by atoms with Crippen LogP contribution in [0.4, 0.5) is 5.69 Å². The Morgan fingerprint density at radius 2 is 1.89 bits per heavy atom. The number of aryl methyl sites for hydroxylation is 2. The number of carboxylic acid groups (broad SMARTS) is 1. The zero-order chi connectivity index (χ0) is 24.7. The molecule has 1 aromatic carbocycles. The lowest BCUT2D eigenvalue weighted by Crippen LogP contribution is -2.45. The van der Waals surface area contributed by atoms with Crippen molar-refractivity contribution in [3.8, 4) is 0 Å². The van der Waals surface area contributed by atoms with Crippen LogP contribution >= 0.6 is 0 Å². The molecule has 8 nitrogen and oxygen atoms in total. The summed E-state index contributed by atoms with van der Waals surface area (Å²) in [6.45, 7) is 5.56. The monoisotopic (exact) mass is 476 g/mol. The molecule has 1 unspecified atom stereocenters. The van der Waals surface area contributed by atoms with Gasteiger partial charge in [-0.05, 0) is 81.0 Å². The summed E-state index contributed by atoms with van der Waals surface area (Å²) in [6, 6.07) is 9.17. The maximum Gasteiger partial charge on any atom is 0.328 e. The van der Waals surface area contributed by atoms with Gasteiger partial charge in [0.05, 0.1) is 6.04 Å². The van der Waals surface area contributed by atoms with Gasteiger partial charge in [0.15, 0.2) is 6.04 Å². The first-order valence-electron chi connectivity index (χ1n) is 12.3. The minimum absolute atomic E-state index is 0.00286. The highest BCUT2D eigenvalue weighted by atomic mass is 16.7. The van der Waals surface area contributed by atoms with Gasteiger partial charge in [-0.1, -0.05) is 6.07 Å². The van der Waals surface area contributed by atoms with Gasteiger partial charge in [-0.15, -0.1) is 5.06 Å². The first-order valence-corrected chi connectivity index (χ1v) is 12.3. The zero-order valence-corrected chi connectivity index (χ0v) is 20.5. The Bertz CT molecular complexity index is 1170. The maximum atomic E-state index is 13.4. The lowest BCUT2D eigenvalue weighted by Gasteiger charge is -2.38. The molecule has 2 aromatic rings. The quantitative estimate of drug-likeness (QED) is 0.704. The van der Waals surface area contributed by atoms with Crippen LogP contribution in [-0.2, 0) is 16.1 Å². The molecule has 3 heterocycles. The number of carboxylic acids is 1. The van der Waals surface area contributed by atoms with Crippen molar-refractivity contribution in [1.82, 2.24) is 14.9 Å². The molecule has 35 heavy (non-hydrogen) atoms. The summed E-state index contributed by atoms with van der Waals surface area (Å²) in [5, 5.41) is 11.2. The molecule has 3 aliphatic rings. The molecule has 1 aliphatic carbocycles. The van der Waals surface area contributed by atoms with E-state index in [1.54, 1.807) is 18.1 Å². The van der Waals surface area contributed by atoms with Crippen LogP contribution in [0.25, 0.3) is 0 Å². The van der Waals surface area contributed by atoms with Gasteiger partial charge in [0.1, 0.15) is 5.76 Å². The molecule has 0 saturated carbocycles. The lowest BCUT2D eigenvalue weighted by atomic mass is 10.00. The number of hydrogen-bond donors (Lipinski definition) is 1. The molecule has 2 atom stereocenters. The number of hydroxylamine groups is 2. The van der Waals surface area contributed by atoms with E-state index in [1.807, 2.05) is 49.3 Å². The third kappa shape index (κ3) is 4.50. The molecule has 1 amide bonds. The fraction of sp³-hybridized carbons (Fsp3) is 0.444. The van der Waals surface area contributed by atoms with E-state index in [0.29, 0.717) is 11.3 Å². The topological polar surface area (TPSA) is 86.2 Å². The van der Waals surface area contributed by atoms with E-state index in [-0.39, 0.29) is 18.0 Å². The Kier molecular flexibility index (Phi) is 6.23. The first kappa shape index (κ1) is 23.4. The van der Waals surface area contributed by atoms with Gasteiger partial charge < -0.3 is 19.7 Å². The van der Waals surface area contributed by atoms with Crippen molar-refractivity contribution in [2.24, 2.45) is 0 Å². The number of aliphatic carboxylic acids is 1. The van der Waals surface area contributed by atoms with E-state index in [1.165, 1.54) is 5.69 Å². The predicted molar refractivity (Wildman–Crippen MR) is 132 cm³/mol. The number of anilines is 1. The number of carbonyl (C=O) groups is 2. The Morgan fingerprint density at radius 3 is 2.60 bits per heavy atom. The summed E-state index contributed by atoms with van der Waals surface area (Å²) in [5.41, 5.74) is 4.96. The van der Waals surface area contributed by atoms with E-state index >= 15 is 0 Å². The highest BCUT2D eigenvalue weighted by molar-refractivity contribution is 5.94. The third-order valence-corrected chi connectivity index (χ3v) is 7.49. The van der Waals surface area contributed by atoms with Crippen LogP contribution in [0.1, 0.15) is 59.4 Å². The largest absolute Gasteiger partial charge is 0.480 e. The highest BCUT2D eigenvalue weighted by Gasteiger charge is 2.40. The molecule has 1 saturated heterocycles. The number of piperidine rings is 1. The van der Waals surface area contributed by atoms with Gasteiger partial charge >= 0.3 is 5.97 Å². The average Bonchev–Trinajstić information content (AvgIpc) is 3.46. The maximum absolute atomic E-state index is 13.4. The van der Waals surface area contributed by atoms with E-state index in [9.17, 15) is 14.7 Å². The predicted octanol–water partition coefficient (Wildman–Crippen LogP) is 3.72. The Morgan fingerprint density at radius 1 is 1.11 bits per heavy atom.